The van der Waals surface area contributed by atoms with Gasteiger partial charge < -0.3 is 19.9 Å². The van der Waals surface area contributed by atoms with Crippen LogP contribution in [0.1, 0.15) is 53.0 Å². The molecule has 6 nitrogen and oxygen atoms in total. The first-order valence-corrected chi connectivity index (χ1v) is 8.62. The molecule has 0 aliphatic heterocycles. The minimum Gasteiger partial charge on any atom is -0.508 e. The molecule has 0 amide bonds. The molecule has 6 heteroatoms. The molecule has 0 saturated carbocycles. The van der Waals surface area contributed by atoms with Crippen molar-refractivity contribution in [2.45, 2.75) is 32.7 Å². The number of rotatable bonds is 5. The van der Waals surface area contributed by atoms with Crippen LogP contribution in [0, 0.1) is 6.92 Å². The highest BCUT2D eigenvalue weighted by atomic mass is 16.4. The van der Waals surface area contributed by atoms with Gasteiger partial charge in [0, 0.05) is 22.6 Å². The number of carboxylic acid groups (broad SMARTS) is 2. The number of hydrogen-bond donors (Lipinski definition) is 3. The molecule has 1 heterocycles. The van der Waals surface area contributed by atoms with Gasteiger partial charge in [-0.05, 0) is 50.1 Å². The Balaban J connectivity index is 2.42. The van der Waals surface area contributed by atoms with E-state index in [-0.39, 0.29) is 17.4 Å². The van der Waals surface area contributed by atoms with Gasteiger partial charge >= 0.3 is 11.9 Å². The molecule has 1 aromatic heterocycles. The maximum atomic E-state index is 12.1. The third kappa shape index (κ3) is 3.03. The Hall–Kier alpha value is -3.28. The van der Waals surface area contributed by atoms with Crippen molar-refractivity contribution >= 4 is 22.8 Å². The molecule has 0 spiro atoms. The van der Waals surface area contributed by atoms with Crippen molar-refractivity contribution in [2.24, 2.45) is 0 Å². The van der Waals surface area contributed by atoms with Crippen LogP contribution in [0.3, 0.4) is 0 Å². The van der Waals surface area contributed by atoms with Crippen LogP contribution < -0.4 is 0 Å². The summed E-state index contributed by atoms with van der Waals surface area (Å²) in [5.41, 5.74) is 2.16. The van der Waals surface area contributed by atoms with Crippen LogP contribution in [0.25, 0.3) is 10.9 Å². The van der Waals surface area contributed by atoms with Crippen LogP contribution in [-0.4, -0.2) is 31.8 Å². The van der Waals surface area contributed by atoms with E-state index >= 15 is 0 Å². The van der Waals surface area contributed by atoms with E-state index in [1.807, 2.05) is 18.4 Å². The Bertz CT molecular complexity index is 1050. The lowest BCUT2D eigenvalue weighted by Crippen LogP contribution is -2.14. The second-order valence-corrected chi connectivity index (χ2v) is 6.84. The molecule has 1 atom stereocenters. The largest absolute Gasteiger partial charge is 0.508 e. The third-order valence-corrected chi connectivity index (χ3v) is 4.80. The molecule has 3 rings (SSSR count). The van der Waals surface area contributed by atoms with Crippen molar-refractivity contribution in [2.75, 3.05) is 0 Å². The second-order valence-electron chi connectivity index (χ2n) is 6.84. The summed E-state index contributed by atoms with van der Waals surface area (Å²) in [6, 6.07) is 11.2. The molecule has 0 radical (unpaired) electrons. The lowest BCUT2D eigenvalue weighted by molar-refractivity contribution is -0.137. The molecule has 27 heavy (non-hydrogen) atoms. The highest BCUT2D eigenvalue weighted by molar-refractivity contribution is 6.08. The zero-order valence-electron chi connectivity index (χ0n) is 15.3. The van der Waals surface area contributed by atoms with Gasteiger partial charge in [0.2, 0.25) is 0 Å². The summed E-state index contributed by atoms with van der Waals surface area (Å²) in [5.74, 6) is -3.34. The number of fused-ring (bicyclic) bond motifs is 1. The number of carboxylic acids is 2. The van der Waals surface area contributed by atoms with Gasteiger partial charge in [-0.15, -0.1) is 0 Å². The Labute approximate surface area is 156 Å². The van der Waals surface area contributed by atoms with E-state index in [0.29, 0.717) is 27.7 Å². The number of carbonyl (C=O) groups is 2. The van der Waals surface area contributed by atoms with Crippen molar-refractivity contribution in [3.8, 4) is 5.75 Å². The van der Waals surface area contributed by atoms with Crippen molar-refractivity contribution < 1.29 is 24.9 Å². The summed E-state index contributed by atoms with van der Waals surface area (Å²) in [6.45, 7) is 5.64. The molecule has 0 saturated heterocycles. The van der Waals surface area contributed by atoms with Gasteiger partial charge in [-0.2, -0.15) is 0 Å². The molecule has 140 valence electrons. The monoisotopic (exact) mass is 367 g/mol. The van der Waals surface area contributed by atoms with Gasteiger partial charge in [-0.3, -0.25) is 4.79 Å². The fourth-order valence-electron chi connectivity index (χ4n) is 3.84. The number of aromatic carboxylic acids is 1. The first-order valence-electron chi connectivity index (χ1n) is 8.62. The second kappa shape index (κ2) is 6.79. The minimum atomic E-state index is -1.11. The fraction of sp³-hybridized carbons (Fsp3) is 0.238. The summed E-state index contributed by atoms with van der Waals surface area (Å²) < 4.78 is 1.91. The van der Waals surface area contributed by atoms with E-state index in [0.717, 1.165) is 0 Å². The van der Waals surface area contributed by atoms with E-state index in [1.54, 1.807) is 37.3 Å². The standard InChI is InChI=1S/C21H21NO5/c1-11(2)22-12(3)17(20(24)25)19-15(8-5-9-16(19)22)18(21(26)27)13-6-4-7-14(23)10-13/h4-11,18,23H,1-3H3,(H,24,25)(H,26,27). The smallest absolute Gasteiger partial charge is 0.338 e. The minimum absolute atomic E-state index is 0.0138. The molecule has 0 bridgehead atoms. The summed E-state index contributed by atoms with van der Waals surface area (Å²) in [4.78, 5) is 24.1. The Morgan fingerprint density at radius 1 is 1.04 bits per heavy atom. The maximum absolute atomic E-state index is 12.1. The van der Waals surface area contributed by atoms with Crippen LogP contribution >= 0.6 is 0 Å². The SMILES string of the molecule is Cc1c(C(=O)O)c2c(C(C(=O)O)c3cccc(O)c3)cccc2n1C(C)C. The first kappa shape index (κ1) is 18.5. The number of aliphatic carboxylic acids is 1. The Kier molecular flexibility index (Phi) is 4.66. The number of benzene rings is 2. The summed E-state index contributed by atoms with van der Waals surface area (Å²) in [7, 11) is 0. The molecular weight excluding hydrogens is 346 g/mol. The summed E-state index contributed by atoms with van der Waals surface area (Å²) in [5, 5.41) is 29.9. The van der Waals surface area contributed by atoms with Crippen molar-refractivity contribution in [1.82, 2.24) is 4.57 Å². The molecule has 3 aromatic rings. The number of phenols is 1. The number of nitrogens with zero attached hydrogens (tertiary/aromatic N) is 1. The van der Waals surface area contributed by atoms with E-state index in [9.17, 15) is 24.9 Å². The van der Waals surface area contributed by atoms with Crippen molar-refractivity contribution in [3.63, 3.8) is 0 Å². The van der Waals surface area contributed by atoms with Gasteiger partial charge in [0.05, 0.1) is 5.56 Å². The molecule has 0 fully saturated rings. The van der Waals surface area contributed by atoms with Crippen LogP contribution in [0.5, 0.6) is 5.75 Å². The molecule has 0 aliphatic carbocycles. The van der Waals surface area contributed by atoms with Gasteiger partial charge in [0.1, 0.15) is 11.7 Å². The normalized spacial score (nSPS) is 12.4. The van der Waals surface area contributed by atoms with Gasteiger partial charge in [-0.1, -0.05) is 24.3 Å². The predicted octanol–water partition coefficient (Wildman–Crippen LogP) is 4.15. The van der Waals surface area contributed by atoms with E-state index < -0.39 is 17.9 Å². The van der Waals surface area contributed by atoms with Crippen LogP contribution in [0.2, 0.25) is 0 Å². The van der Waals surface area contributed by atoms with Gasteiger partial charge in [0.15, 0.2) is 0 Å². The molecule has 3 N–H and O–H groups in total. The highest BCUT2D eigenvalue weighted by Crippen LogP contribution is 2.38. The molecule has 1 unspecified atom stereocenters. The zero-order valence-corrected chi connectivity index (χ0v) is 15.3. The molecular formula is C21H21NO5. The number of phenolic OH excluding ortho intramolecular Hbond substituents is 1. The lowest BCUT2D eigenvalue weighted by Gasteiger charge is -2.16. The number of aromatic hydroxyl groups is 1. The highest BCUT2D eigenvalue weighted by Gasteiger charge is 2.30. The third-order valence-electron chi connectivity index (χ3n) is 4.80. The Morgan fingerprint density at radius 2 is 1.70 bits per heavy atom. The average molecular weight is 367 g/mol. The van der Waals surface area contributed by atoms with Gasteiger partial charge in [-0.25, -0.2) is 4.79 Å². The van der Waals surface area contributed by atoms with Crippen LogP contribution in [0.15, 0.2) is 42.5 Å². The first-order chi connectivity index (χ1) is 12.7. The molecule has 2 aromatic carbocycles. The fourth-order valence-corrected chi connectivity index (χ4v) is 3.84. The van der Waals surface area contributed by atoms with Crippen molar-refractivity contribution in [1.29, 1.82) is 0 Å². The predicted molar refractivity (Wildman–Crippen MR) is 102 cm³/mol. The topological polar surface area (TPSA) is 99.8 Å². The van der Waals surface area contributed by atoms with E-state index in [2.05, 4.69) is 0 Å². The maximum Gasteiger partial charge on any atom is 0.338 e. The summed E-state index contributed by atoms with van der Waals surface area (Å²) >= 11 is 0. The van der Waals surface area contributed by atoms with E-state index in [4.69, 9.17) is 0 Å². The summed E-state index contributed by atoms with van der Waals surface area (Å²) in [6.07, 6.45) is 0. The lowest BCUT2D eigenvalue weighted by atomic mass is 9.88. The number of hydrogen-bond acceptors (Lipinski definition) is 3. The van der Waals surface area contributed by atoms with Crippen LogP contribution in [0.4, 0.5) is 0 Å². The average Bonchev–Trinajstić information content (AvgIpc) is 2.87. The zero-order chi connectivity index (χ0) is 19.9. The van der Waals surface area contributed by atoms with Crippen molar-refractivity contribution in [3.05, 3.63) is 64.8 Å². The van der Waals surface area contributed by atoms with Gasteiger partial charge in [0.25, 0.3) is 0 Å². The Morgan fingerprint density at radius 3 is 2.26 bits per heavy atom. The van der Waals surface area contributed by atoms with E-state index in [1.165, 1.54) is 12.1 Å². The van der Waals surface area contributed by atoms with Crippen LogP contribution in [-0.2, 0) is 4.79 Å². The molecule has 0 aliphatic rings. The number of aromatic nitrogens is 1. The quantitative estimate of drug-likeness (QED) is 0.629.